The van der Waals surface area contributed by atoms with Gasteiger partial charge in [0.05, 0.1) is 0 Å². The van der Waals surface area contributed by atoms with Gasteiger partial charge in [-0.2, -0.15) is 0 Å². The summed E-state index contributed by atoms with van der Waals surface area (Å²) >= 11 is 0. The van der Waals surface area contributed by atoms with Gasteiger partial charge in [0.15, 0.2) is 0 Å². The second-order valence-corrected chi connectivity index (χ2v) is 4.65. The molecule has 0 aromatic rings. The lowest BCUT2D eigenvalue weighted by atomic mass is 10.1. The van der Waals surface area contributed by atoms with Crippen molar-refractivity contribution in [1.82, 2.24) is 9.80 Å². The maximum Gasteiger partial charge on any atom is 0.253 e. The van der Waals surface area contributed by atoms with Crippen molar-refractivity contribution >= 4 is 5.91 Å². The smallest absolute Gasteiger partial charge is 0.253 e. The zero-order chi connectivity index (χ0) is 12.1. The zero-order valence-corrected chi connectivity index (χ0v) is 10.6. The molecule has 0 unspecified atom stereocenters. The van der Waals surface area contributed by atoms with E-state index in [1.165, 1.54) is 13.8 Å². The molecule has 0 saturated carbocycles. The number of carbonyl (C=O) groups excluding carboxylic acids is 1. The van der Waals surface area contributed by atoms with Crippen molar-refractivity contribution in [2.45, 2.75) is 32.8 Å². The Morgan fingerprint density at radius 1 is 1.20 bits per heavy atom. The van der Waals surface area contributed by atoms with Crippen LogP contribution in [0, 0.1) is 0 Å². The van der Waals surface area contributed by atoms with Crippen LogP contribution in [0.3, 0.4) is 0 Å². The van der Waals surface area contributed by atoms with E-state index in [9.17, 15) is 9.90 Å². The van der Waals surface area contributed by atoms with E-state index >= 15 is 0 Å². The zero-order valence-electron chi connectivity index (χ0n) is 10.6. The standard InChI is InChI=1S/C11H24N2O2/c1-6-7-13(9-8-12(4)5)10(14)11(2,3)15/h15H,6-9H2,1-5H3. The first-order valence-electron chi connectivity index (χ1n) is 5.45. The molecule has 1 N–H and O–H groups in total. The minimum atomic E-state index is -1.26. The molecule has 0 aliphatic carbocycles. The Kier molecular flexibility index (Phi) is 5.83. The van der Waals surface area contributed by atoms with Gasteiger partial charge in [-0.3, -0.25) is 4.79 Å². The summed E-state index contributed by atoms with van der Waals surface area (Å²) in [6.07, 6.45) is 0.912. The van der Waals surface area contributed by atoms with Crippen molar-refractivity contribution in [2.24, 2.45) is 0 Å². The minimum absolute atomic E-state index is 0.189. The lowest BCUT2D eigenvalue weighted by molar-refractivity contribution is -0.148. The van der Waals surface area contributed by atoms with E-state index in [0.29, 0.717) is 13.1 Å². The Bertz CT molecular complexity index is 197. The molecule has 15 heavy (non-hydrogen) atoms. The molecule has 0 aromatic heterocycles. The third kappa shape index (κ3) is 5.74. The molecule has 0 fully saturated rings. The molecule has 90 valence electrons. The molecule has 0 spiro atoms. The second-order valence-electron chi connectivity index (χ2n) is 4.65. The fourth-order valence-electron chi connectivity index (χ4n) is 1.29. The van der Waals surface area contributed by atoms with Crippen LogP contribution in [0.2, 0.25) is 0 Å². The van der Waals surface area contributed by atoms with Crippen molar-refractivity contribution in [1.29, 1.82) is 0 Å². The van der Waals surface area contributed by atoms with Crippen LogP contribution in [-0.4, -0.2) is 60.1 Å². The van der Waals surface area contributed by atoms with E-state index < -0.39 is 5.60 Å². The SMILES string of the molecule is CCCN(CCN(C)C)C(=O)C(C)(C)O. The average Bonchev–Trinajstić information content (AvgIpc) is 2.09. The maximum atomic E-state index is 11.8. The number of aliphatic hydroxyl groups is 1. The Morgan fingerprint density at radius 2 is 1.73 bits per heavy atom. The van der Waals surface area contributed by atoms with Gasteiger partial charge in [-0.25, -0.2) is 0 Å². The van der Waals surface area contributed by atoms with Gasteiger partial charge in [-0.05, 0) is 34.4 Å². The third-order valence-corrected chi connectivity index (χ3v) is 2.12. The number of likely N-dealkylation sites (N-methyl/N-ethyl adjacent to an activating group) is 1. The van der Waals surface area contributed by atoms with Gasteiger partial charge in [-0.15, -0.1) is 0 Å². The first-order chi connectivity index (χ1) is 6.79. The highest BCUT2D eigenvalue weighted by Gasteiger charge is 2.28. The number of carbonyl (C=O) groups is 1. The number of hydrogen-bond donors (Lipinski definition) is 1. The first-order valence-corrected chi connectivity index (χ1v) is 5.45. The van der Waals surface area contributed by atoms with Crippen LogP contribution >= 0.6 is 0 Å². The quantitative estimate of drug-likeness (QED) is 0.705. The fourth-order valence-corrected chi connectivity index (χ4v) is 1.29. The molecule has 0 bridgehead atoms. The van der Waals surface area contributed by atoms with Crippen molar-refractivity contribution < 1.29 is 9.90 Å². The predicted octanol–water partition coefficient (Wildman–Crippen LogP) is 0.557. The van der Waals surface area contributed by atoms with Crippen LogP contribution in [0.5, 0.6) is 0 Å². The van der Waals surface area contributed by atoms with Gasteiger partial charge in [-0.1, -0.05) is 6.92 Å². The molecule has 0 radical (unpaired) electrons. The summed E-state index contributed by atoms with van der Waals surface area (Å²) in [4.78, 5) is 15.6. The van der Waals surface area contributed by atoms with Crippen molar-refractivity contribution in [3.8, 4) is 0 Å². The van der Waals surface area contributed by atoms with Gasteiger partial charge >= 0.3 is 0 Å². The van der Waals surface area contributed by atoms with Crippen LogP contribution < -0.4 is 0 Å². The van der Waals surface area contributed by atoms with E-state index in [1.54, 1.807) is 4.90 Å². The van der Waals surface area contributed by atoms with Gasteiger partial charge in [0.2, 0.25) is 0 Å². The molecule has 1 amide bonds. The summed E-state index contributed by atoms with van der Waals surface area (Å²) in [6.45, 7) is 7.30. The summed E-state index contributed by atoms with van der Waals surface area (Å²) < 4.78 is 0. The van der Waals surface area contributed by atoms with Crippen LogP contribution in [0.25, 0.3) is 0 Å². The van der Waals surface area contributed by atoms with Crippen LogP contribution in [0.15, 0.2) is 0 Å². The lowest BCUT2D eigenvalue weighted by Crippen LogP contribution is -2.47. The highest BCUT2D eigenvalue weighted by molar-refractivity contribution is 5.84. The van der Waals surface area contributed by atoms with Crippen LogP contribution in [0.1, 0.15) is 27.2 Å². The van der Waals surface area contributed by atoms with E-state index in [1.807, 2.05) is 25.9 Å². The van der Waals surface area contributed by atoms with Gasteiger partial charge in [0.1, 0.15) is 5.60 Å². The van der Waals surface area contributed by atoms with Crippen molar-refractivity contribution in [3.63, 3.8) is 0 Å². The number of rotatable bonds is 6. The highest BCUT2D eigenvalue weighted by Crippen LogP contribution is 2.07. The summed E-state index contributed by atoms with van der Waals surface area (Å²) in [5.41, 5.74) is -1.26. The highest BCUT2D eigenvalue weighted by atomic mass is 16.3. The van der Waals surface area contributed by atoms with E-state index in [-0.39, 0.29) is 5.91 Å². The molecule has 4 heteroatoms. The topological polar surface area (TPSA) is 43.8 Å². The van der Waals surface area contributed by atoms with Gasteiger partial charge in [0, 0.05) is 19.6 Å². The summed E-state index contributed by atoms with van der Waals surface area (Å²) in [6, 6.07) is 0. The molecule has 0 heterocycles. The molecular weight excluding hydrogens is 192 g/mol. The van der Waals surface area contributed by atoms with Crippen molar-refractivity contribution in [3.05, 3.63) is 0 Å². The fraction of sp³-hybridized carbons (Fsp3) is 0.909. The number of amides is 1. The molecule has 0 aliphatic rings. The lowest BCUT2D eigenvalue weighted by Gasteiger charge is -2.29. The number of hydrogen-bond acceptors (Lipinski definition) is 3. The Morgan fingerprint density at radius 3 is 2.07 bits per heavy atom. The Balaban J connectivity index is 4.32. The Labute approximate surface area is 92.9 Å². The normalized spacial score (nSPS) is 11.9. The van der Waals surface area contributed by atoms with Crippen LogP contribution in [-0.2, 0) is 4.79 Å². The Hall–Kier alpha value is -0.610. The van der Waals surface area contributed by atoms with Gasteiger partial charge in [0.25, 0.3) is 5.91 Å². The largest absolute Gasteiger partial charge is 0.381 e. The summed E-state index contributed by atoms with van der Waals surface area (Å²) in [7, 11) is 3.94. The molecule has 4 nitrogen and oxygen atoms in total. The molecule has 0 atom stereocenters. The first kappa shape index (κ1) is 14.4. The van der Waals surface area contributed by atoms with E-state index in [0.717, 1.165) is 13.0 Å². The third-order valence-electron chi connectivity index (χ3n) is 2.12. The van der Waals surface area contributed by atoms with Gasteiger partial charge < -0.3 is 14.9 Å². The molecule has 0 aromatic carbocycles. The monoisotopic (exact) mass is 216 g/mol. The molecule has 0 saturated heterocycles. The van der Waals surface area contributed by atoms with Crippen molar-refractivity contribution in [2.75, 3.05) is 33.7 Å². The molecular formula is C11H24N2O2. The average molecular weight is 216 g/mol. The predicted molar refractivity (Wildman–Crippen MR) is 61.7 cm³/mol. The van der Waals surface area contributed by atoms with Crippen LogP contribution in [0.4, 0.5) is 0 Å². The number of nitrogens with zero attached hydrogens (tertiary/aromatic N) is 2. The maximum absolute atomic E-state index is 11.8. The van der Waals surface area contributed by atoms with E-state index in [4.69, 9.17) is 0 Å². The molecule has 0 aliphatic heterocycles. The van der Waals surface area contributed by atoms with E-state index in [2.05, 4.69) is 0 Å². The minimum Gasteiger partial charge on any atom is -0.381 e. The second kappa shape index (κ2) is 6.08. The summed E-state index contributed by atoms with van der Waals surface area (Å²) in [5, 5.41) is 9.64. The molecule has 0 rings (SSSR count). The summed E-state index contributed by atoms with van der Waals surface area (Å²) in [5.74, 6) is -0.189.